The number of alkyl halides is 3. The first kappa shape index (κ1) is 24.7. The standard InChI is InChI=1S/C18H17Cl3N2O8S2/c1-16-7-17(16,15(26)31-8-18(19,20)21)23-13(25)12(14(23)32(16)27)22-11(24)6-9-4-2-3-5-10(9)33(28,29)30/h2-5,12,14H,6-8H2,1H3,(H,22,24)(H,28,29,30)/t12?,14-,16?,17?,32?/m0/s1. The lowest BCUT2D eigenvalue weighted by Crippen LogP contribution is -2.73. The first-order chi connectivity index (χ1) is 15.1. The molecule has 0 bridgehead atoms. The van der Waals surface area contributed by atoms with Gasteiger partial charge in [-0.25, -0.2) is 4.79 Å². The number of halogens is 3. The number of amides is 2. The molecule has 180 valence electrons. The number of nitrogens with one attached hydrogen (secondary N) is 1. The highest BCUT2D eigenvalue weighted by Gasteiger charge is 2.88. The maximum Gasteiger partial charge on any atom is 0.333 e. The van der Waals surface area contributed by atoms with Gasteiger partial charge in [-0.1, -0.05) is 53.0 Å². The van der Waals surface area contributed by atoms with E-state index < -0.39 is 82.1 Å². The van der Waals surface area contributed by atoms with E-state index in [9.17, 15) is 31.6 Å². The SMILES string of the molecule is CC12CC1(C(=O)OCC(Cl)(Cl)Cl)N1C(=O)C(NC(=O)Cc3ccccc3S(=O)(=O)O)[C@@H]1S2=O. The summed E-state index contributed by atoms with van der Waals surface area (Å²) in [7, 11) is -6.27. The van der Waals surface area contributed by atoms with E-state index in [-0.39, 0.29) is 12.0 Å². The molecule has 4 rings (SSSR count). The highest BCUT2D eigenvalue weighted by Crippen LogP contribution is 2.66. The van der Waals surface area contributed by atoms with Crippen molar-refractivity contribution in [3.8, 4) is 0 Å². The van der Waals surface area contributed by atoms with Crippen LogP contribution >= 0.6 is 34.8 Å². The summed E-state index contributed by atoms with van der Waals surface area (Å²) in [5.41, 5.74) is -1.44. The van der Waals surface area contributed by atoms with Crippen molar-refractivity contribution in [1.82, 2.24) is 10.2 Å². The molecule has 3 fully saturated rings. The van der Waals surface area contributed by atoms with Crippen LogP contribution in [0.4, 0.5) is 0 Å². The Balaban J connectivity index is 1.49. The van der Waals surface area contributed by atoms with Crippen LogP contribution in [0.15, 0.2) is 29.2 Å². The molecule has 1 aliphatic carbocycles. The molecule has 0 radical (unpaired) electrons. The molecule has 2 heterocycles. The highest BCUT2D eigenvalue weighted by atomic mass is 35.6. The summed E-state index contributed by atoms with van der Waals surface area (Å²) in [5.74, 6) is -2.19. The molecule has 3 aliphatic rings. The number of ether oxygens (including phenoxy) is 1. The Morgan fingerprint density at radius 1 is 1.33 bits per heavy atom. The first-order valence-corrected chi connectivity index (χ1v) is 13.2. The maximum atomic E-state index is 13.1. The summed E-state index contributed by atoms with van der Waals surface area (Å²) in [6, 6.07) is 4.19. The van der Waals surface area contributed by atoms with Gasteiger partial charge in [-0.3, -0.25) is 18.4 Å². The summed E-state index contributed by atoms with van der Waals surface area (Å²) >= 11 is 16.8. The van der Waals surface area contributed by atoms with Crippen LogP contribution in [0.3, 0.4) is 0 Å². The van der Waals surface area contributed by atoms with Crippen molar-refractivity contribution in [1.29, 1.82) is 0 Å². The zero-order chi connectivity index (χ0) is 24.6. The van der Waals surface area contributed by atoms with Gasteiger partial charge in [0.05, 0.1) is 26.9 Å². The zero-order valence-corrected chi connectivity index (χ0v) is 20.7. The molecular weight excluding hydrogens is 543 g/mol. The lowest BCUT2D eigenvalue weighted by atomic mass is 10.00. The molecule has 0 spiro atoms. The topological polar surface area (TPSA) is 147 Å². The molecule has 2 saturated heterocycles. The van der Waals surface area contributed by atoms with Crippen molar-refractivity contribution in [2.24, 2.45) is 0 Å². The van der Waals surface area contributed by atoms with Crippen LogP contribution in [0.25, 0.3) is 0 Å². The maximum absolute atomic E-state index is 13.1. The van der Waals surface area contributed by atoms with Crippen molar-refractivity contribution in [2.75, 3.05) is 6.61 Å². The summed E-state index contributed by atoms with van der Waals surface area (Å²) in [4.78, 5) is 38.9. The Kier molecular flexibility index (Phi) is 5.82. The quantitative estimate of drug-likeness (QED) is 0.224. The monoisotopic (exact) mass is 558 g/mol. The van der Waals surface area contributed by atoms with Crippen LogP contribution < -0.4 is 5.32 Å². The van der Waals surface area contributed by atoms with Gasteiger partial charge in [-0.05, 0) is 18.6 Å². The van der Waals surface area contributed by atoms with E-state index in [1.165, 1.54) is 18.2 Å². The van der Waals surface area contributed by atoms with E-state index in [2.05, 4.69) is 5.32 Å². The van der Waals surface area contributed by atoms with E-state index in [0.717, 1.165) is 11.0 Å². The molecule has 4 unspecified atom stereocenters. The van der Waals surface area contributed by atoms with Gasteiger partial charge in [-0.15, -0.1) is 0 Å². The lowest BCUT2D eigenvalue weighted by Gasteiger charge is -2.45. The third-order valence-electron chi connectivity index (χ3n) is 6.08. The minimum absolute atomic E-state index is 0.0234. The second kappa shape index (κ2) is 7.79. The smallest absolute Gasteiger partial charge is 0.333 e. The molecule has 1 aromatic rings. The number of hydrogen-bond acceptors (Lipinski definition) is 7. The minimum Gasteiger partial charge on any atom is -0.459 e. The molecule has 10 nitrogen and oxygen atoms in total. The third kappa shape index (κ3) is 3.84. The number of nitrogens with zero attached hydrogens (tertiary/aromatic N) is 1. The van der Waals surface area contributed by atoms with Crippen molar-refractivity contribution in [3.63, 3.8) is 0 Å². The van der Waals surface area contributed by atoms with Gasteiger partial charge in [0.1, 0.15) is 18.0 Å². The second-order valence-corrected chi connectivity index (χ2v) is 14.0. The van der Waals surface area contributed by atoms with E-state index >= 15 is 0 Å². The third-order valence-corrected chi connectivity index (χ3v) is 9.66. The number of carbonyl (C=O) groups is 3. The number of hydrogen-bond donors (Lipinski definition) is 2. The van der Waals surface area contributed by atoms with E-state index in [1.807, 2.05) is 0 Å². The molecule has 1 saturated carbocycles. The number of carbonyl (C=O) groups excluding carboxylic acids is 3. The normalized spacial score (nSPS) is 32.5. The largest absolute Gasteiger partial charge is 0.459 e. The molecule has 33 heavy (non-hydrogen) atoms. The average molecular weight is 560 g/mol. The van der Waals surface area contributed by atoms with Gasteiger partial charge in [0.2, 0.25) is 15.6 Å². The van der Waals surface area contributed by atoms with Crippen LogP contribution in [0, 0.1) is 0 Å². The van der Waals surface area contributed by atoms with Crippen LogP contribution in [0.2, 0.25) is 0 Å². The second-order valence-electron chi connectivity index (χ2n) is 8.16. The van der Waals surface area contributed by atoms with Gasteiger partial charge in [0.25, 0.3) is 10.1 Å². The van der Waals surface area contributed by atoms with Crippen LogP contribution in [-0.4, -0.2) is 72.0 Å². The number of benzene rings is 1. The van der Waals surface area contributed by atoms with Crippen molar-refractivity contribution in [3.05, 3.63) is 29.8 Å². The van der Waals surface area contributed by atoms with Crippen molar-refractivity contribution < 1.29 is 36.3 Å². The van der Waals surface area contributed by atoms with Gasteiger partial charge in [0, 0.05) is 6.42 Å². The fourth-order valence-corrected chi connectivity index (χ4v) is 7.65. The number of esters is 1. The fraction of sp³-hybridized carbons (Fsp3) is 0.500. The molecule has 5 atom stereocenters. The van der Waals surface area contributed by atoms with Crippen LogP contribution in [-0.2, 0) is 46.5 Å². The average Bonchev–Trinajstić information content (AvgIpc) is 3.29. The summed E-state index contributed by atoms with van der Waals surface area (Å²) in [6.45, 7) is 1.02. The number of rotatable bonds is 6. The van der Waals surface area contributed by atoms with E-state index in [4.69, 9.17) is 39.5 Å². The summed E-state index contributed by atoms with van der Waals surface area (Å²) in [5, 5.41) is 1.49. The Bertz CT molecular complexity index is 1200. The predicted molar refractivity (Wildman–Crippen MR) is 118 cm³/mol. The van der Waals surface area contributed by atoms with Gasteiger partial charge in [-0.2, -0.15) is 8.42 Å². The number of fused-ring (bicyclic) bond motifs is 3. The van der Waals surface area contributed by atoms with Crippen molar-refractivity contribution >= 4 is 73.5 Å². The number of β-lactam (4-membered cyclic amide) rings is 1. The summed E-state index contributed by atoms with van der Waals surface area (Å²) < 4.78 is 47.6. The Hall–Kier alpha value is -1.44. The highest BCUT2D eigenvalue weighted by molar-refractivity contribution is 7.88. The molecule has 0 aromatic heterocycles. The minimum atomic E-state index is -4.56. The predicted octanol–water partition coefficient (Wildman–Crippen LogP) is 0.706. The van der Waals surface area contributed by atoms with Gasteiger partial charge in [0.15, 0.2) is 5.54 Å². The molecule has 15 heteroatoms. The fourth-order valence-electron chi connectivity index (χ4n) is 4.46. The Morgan fingerprint density at radius 2 is 1.97 bits per heavy atom. The molecular formula is C18H17Cl3N2O8S2. The first-order valence-electron chi connectivity index (χ1n) is 9.46. The lowest BCUT2D eigenvalue weighted by molar-refractivity contribution is -0.166. The summed E-state index contributed by atoms with van der Waals surface area (Å²) in [6.07, 6.45) is -0.345. The molecule has 2 aliphatic heterocycles. The van der Waals surface area contributed by atoms with Crippen LogP contribution in [0.5, 0.6) is 0 Å². The van der Waals surface area contributed by atoms with Crippen LogP contribution in [0.1, 0.15) is 18.9 Å². The molecule has 1 aromatic carbocycles. The Morgan fingerprint density at radius 3 is 2.58 bits per heavy atom. The van der Waals surface area contributed by atoms with E-state index in [1.54, 1.807) is 6.92 Å². The van der Waals surface area contributed by atoms with E-state index in [0.29, 0.717) is 0 Å². The Labute approximate surface area is 206 Å². The van der Waals surface area contributed by atoms with Gasteiger partial charge < -0.3 is 15.0 Å². The molecule has 2 N–H and O–H groups in total. The molecule has 2 amide bonds. The zero-order valence-electron chi connectivity index (χ0n) is 16.8. The van der Waals surface area contributed by atoms with Gasteiger partial charge >= 0.3 is 5.97 Å². The van der Waals surface area contributed by atoms with Crippen molar-refractivity contribution in [2.45, 2.75) is 50.2 Å².